The Kier molecular flexibility index (Phi) is 4.86. The van der Waals surface area contributed by atoms with Gasteiger partial charge in [-0.05, 0) is 19.1 Å². The Hall–Kier alpha value is -3.16. The predicted octanol–water partition coefficient (Wildman–Crippen LogP) is 0.992. The van der Waals surface area contributed by atoms with Crippen LogP contribution in [0.5, 0.6) is 0 Å². The molecule has 0 bridgehead atoms. The molecule has 4 N–H and O–H groups in total. The lowest BCUT2D eigenvalue weighted by atomic mass is 10.2. The number of carbonyl (C=O) groups is 2. The lowest BCUT2D eigenvalue weighted by Gasteiger charge is -2.09. The smallest absolute Gasteiger partial charge is 0.343 e. The lowest BCUT2D eigenvalue weighted by molar-refractivity contribution is 0.0526. The molecule has 22 heavy (non-hydrogen) atoms. The van der Waals surface area contributed by atoms with E-state index in [1.165, 1.54) is 6.20 Å². The van der Waals surface area contributed by atoms with E-state index in [0.29, 0.717) is 5.56 Å². The van der Waals surface area contributed by atoms with Crippen LogP contribution in [0.2, 0.25) is 0 Å². The number of carbonyl (C=O) groups excluding carboxylic acids is 2. The molecule has 0 atom stereocenters. The van der Waals surface area contributed by atoms with Crippen LogP contribution in [0.25, 0.3) is 0 Å². The third-order valence-corrected chi connectivity index (χ3v) is 2.64. The van der Waals surface area contributed by atoms with E-state index in [9.17, 15) is 9.59 Å². The molecule has 1 heterocycles. The van der Waals surface area contributed by atoms with Gasteiger partial charge in [0.25, 0.3) is 5.91 Å². The van der Waals surface area contributed by atoms with Crippen molar-refractivity contribution in [3.05, 3.63) is 47.7 Å². The van der Waals surface area contributed by atoms with Crippen LogP contribution in [0.15, 0.2) is 36.5 Å². The van der Waals surface area contributed by atoms with Crippen molar-refractivity contribution in [2.45, 2.75) is 6.92 Å². The van der Waals surface area contributed by atoms with Crippen LogP contribution >= 0.6 is 0 Å². The summed E-state index contributed by atoms with van der Waals surface area (Å²) in [4.78, 5) is 31.2. The van der Waals surface area contributed by atoms with Crippen molar-refractivity contribution in [1.29, 1.82) is 0 Å². The third-order valence-electron chi connectivity index (χ3n) is 2.64. The first-order valence-corrected chi connectivity index (χ1v) is 6.53. The summed E-state index contributed by atoms with van der Waals surface area (Å²) in [5.74, 6) is -0.920. The van der Waals surface area contributed by atoms with Crippen LogP contribution in [0.4, 0.5) is 11.8 Å². The quantitative estimate of drug-likeness (QED) is 0.556. The number of aromatic nitrogens is 2. The van der Waals surface area contributed by atoms with Crippen LogP contribution in [0, 0.1) is 0 Å². The van der Waals surface area contributed by atoms with Gasteiger partial charge in [-0.1, -0.05) is 18.2 Å². The number of nitrogens with zero attached hydrogens (tertiary/aromatic N) is 2. The molecule has 0 aliphatic carbocycles. The van der Waals surface area contributed by atoms with Gasteiger partial charge in [0, 0.05) is 11.8 Å². The van der Waals surface area contributed by atoms with Gasteiger partial charge in [0.1, 0.15) is 11.4 Å². The van der Waals surface area contributed by atoms with Gasteiger partial charge in [0.2, 0.25) is 5.95 Å². The molecule has 1 amide bonds. The van der Waals surface area contributed by atoms with Crippen LogP contribution in [-0.2, 0) is 4.74 Å². The van der Waals surface area contributed by atoms with Gasteiger partial charge < -0.3 is 10.5 Å². The number of anilines is 2. The molecular weight excluding hydrogens is 286 g/mol. The van der Waals surface area contributed by atoms with Crippen molar-refractivity contribution in [1.82, 2.24) is 15.4 Å². The minimum absolute atomic E-state index is 0.0371. The van der Waals surface area contributed by atoms with E-state index in [1.807, 2.05) is 6.07 Å². The summed E-state index contributed by atoms with van der Waals surface area (Å²) in [6.07, 6.45) is 1.23. The zero-order chi connectivity index (χ0) is 15.9. The van der Waals surface area contributed by atoms with Gasteiger partial charge >= 0.3 is 5.97 Å². The number of rotatable bonds is 5. The summed E-state index contributed by atoms with van der Waals surface area (Å²) < 4.78 is 4.82. The summed E-state index contributed by atoms with van der Waals surface area (Å²) in [6.45, 7) is 1.91. The lowest BCUT2D eigenvalue weighted by Crippen LogP contribution is -2.30. The van der Waals surface area contributed by atoms with Crippen LogP contribution < -0.4 is 16.6 Å². The fourth-order valence-corrected chi connectivity index (χ4v) is 1.60. The van der Waals surface area contributed by atoms with Crippen molar-refractivity contribution in [3.8, 4) is 0 Å². The summed E-state index contributed by atoms with van der Waals surface area (Å²) >= 11 is 0. The maximum Gasteiger partial charge on any atom is 0.343 e. The molecule has 8 heteroatoms. The number of esters is 1. The third kappa shape index (κ3) is 3.69. The molecular formula is C14H15N5O3. The average Bonchev–Trinajstić information content (AvgIpc) is 2.53. The van der Waals surface area contributed by atoms with E-state index in [-0.39, 0.29) is 29.8 Å². The molecule has 0 radical (unpaired) electrons. The Morgan fingerprint density at radius 3 is 2.64 bits per heavy atom. The van der Waals surface area contributed by atoms with E-state index in [4.69, 9.17) is 10.5 Å². The Bertz CT molecular complexity index is 675. The summed E-state index contributed by atoms with van der Waals surface area (Å²) in [7, 11) is 0. The van der Waals surface area contributed by atoms with Gasteiger partial charge in [0.15, 0.2) is 0 Å². The number of amides is 1. The topological polar surface area (TPSA) is 119 Å². The second-order valence-electron chi connectivity index (χ2n) is 4.16. The minimum Gasteiger partial charge on any atom is -0.462 e. The Morgan fingerprint density at radius 2 is 2.00 bits per heavy atom. The van der Waals surface area contributed by atoms with Crippen molar-refractivity contribution >= 4 is 23.6 Å². The van der Waals surface area contributed by atoms with Gasteiger partial charge in [-0.2, -0.15) is 4.98 Å². The highest BCUT2D eigenvalue weighted by atomic mass is 16.5. The Morgan fingerprint density at radius 1 is 1.27 bits per heavy atom. The molecule has 0 fully saturated rings. The average molecular weight is 301 g/mol. The number of ether oxygens (including phenoxy) is 1. The first-order chi connectivity index (χ1) is 10.6. The van der Waals surface area contributed by atoms with E-state index >= 15 is 0 Å². The first-order valence-electron chi connectivity index (χ1n) is 6.53. The highest BCUT2D eigenvalue weighted by Gasteiger charge is 2.13. The van der Waals surface area contributed by atoms with Crippen molar-refractivity contribution in [2.24, 2.45) is 0 Å². The molecule has 114 valence electrons. The molecule has 0 saturated carbocycles. The number of nitrogen functional groups attached to an aromatic ring is 1. The molecule has 1 aromatic carbocycles. The van der Waals surface area contributed by atoms with Crippen molar-refractivity contribution in [2.75, 3.05) is 17.8 Å². The predicted molar refractivity (Wildman–Crippen MR) is 79.9 cm³/mol. The largest absolute Gasteiger partial charge is 0.462 e. The highest BCUT2D eigenvalue weighted by Crippen LogP contribution is 2.11. The first kappa shape index (κ1) is 15.2. The van der Waals surface area contributed by atoms with Gasteiger partial charge in [-0.15, -0.1) is 0 Å². The number of nitrogens with one attached hydrogen (secondary N) is 2. The monoisotopic (exact) mass is 301 g/mol. The zero-order valence-corrected chi connectivity index (χ0v) is 11.9. The van der Waals surface area contributed by atoms with Crippen molar-refractivity contribution in [3.63, 3.8) is 0 Å². The fraction of sp³-hybridized carbons (Fsp3) is 0.143. The highest BCUT2D eigenvalue weighted by molar-refractivity contribution is 5.95. The normalized spacial score (nSPS) is 9.86. The second-order valence-corrected chi connectivity index (χ2v) is 4.16. The van der Waals surface area contributed by atoms with Crippen molar-refractivity contribution < 1.29 is 14.3 Å². The zero-order valence-electron chi connectivity index (χ0n) is 11.9. The van der Waals surface area contributed by atoms with Gasteiger partial charge in [-0.3, -0.25) is 15.6 Å². The van der Waals surface area contributed by atoms with E-state index in [0.717, 1.165) is 0 Å². The van der Waals surface area contributed by atoms with E-state index in [2.05, 4.69) is 20.8 Å². The summed E-state index contributed by atoms with van der Waals surface area (Å²) in [6, 6.07) is 8.63. The molecule has 0 aliphatic heterocycles. The number of hydrazine groups is 1. The molecule has 2 aromatic rings. The number of benzene rings is 1. The molecule has 8 nitrogen and oxygen atoms in total. The molecule has 1 aromatic heterocycles. The standard InChI is InChI=1S/C14H15N5O3/c1-2-22-13(21)10-8-16-14(17-11(10)15)19-18-12(20)9-6-4-3-5-7-9/h3-8H,2H2,1H3,(H,18,20)(H3,15,16,17,19). The second kappa shape index (κ2) is 7.02. The maximum atomic E-state index is 11.8. The Balaban J connectivity index is 2.01. The van der Waals surface area contributed by atoms with Gasteiger partial charge in [-0.25, -0.2) is 9.78 Å². The number of nitrogens with two attached hydrogens (primary N) is 1. The molecule has 0 aliphatic rings. The fourth-order valence-electron chi connectivity index (χ4n) is 1.60. The molecule has 0 saturated heterocycles. The van der Waals surface area contributed by atoms with Gasteiger partial charge in [0.05, 0.1) is 6.61 Å². The van der Waals surface area contributed by atoms with Crippen LogP contribution in [0.3, 0.4) is 0 Å². The molecule has 0 spiro atoms. The van der Waals surface area contributed by atoms with Crippen LogP contribution in [0.1, 0.15) is 27.6 Å². The Labute approximate surface area is 126 Å². The number of hydrogen-bond donors (Lipinski definition) is 3. The summed E-state index contributed by atoms with van der Waals surface area (Å²) in [5.41, 5.74) is 11.2. The number of hydrogen-bond acceptors (Lipinski definition) is 7. The molecule has 2 rings (SSSR count). The van der Waals surface area contributed by atoms with Crippen LogP contribution in [-0.4, -0.2) is 28.5 Å². The summed E-state index contributed by atoms with van der Waals surface area (Å²) in [5, 5.41) is 0. The minimum atomic E-state index is -0.597. The van der Waals surface area contributed by atoms with E-state index < -0.39 is 5.97 Å². The SMILES string of the molecule is CCOC(=O)c1cnc(NNC(=O)c2ccccc2)nc1N. The van der Waals surface area contributed by atoms with E-state index in [1.54, 1.807) is 31.2 Å². The molecule has 0 unspecified atom stereocenters. The maximum absolute atomic E-state index is 11.8.